The van der Waals surface area contributed by atoms with Gasteiger partial charge in [-0.3, -0.25) is 19.2 Å². The Morgan fingerprint density at radius 2 is 1.68 bits per heavy atom. The molecule has 0 aliphatic carbocycles. The van der Waals surface area contributed by atoms with Crippen LogP contribution in [0.15, 0.2) is 24.3 Å². The van der Waals surface area contributed by atoms with Crippen molar-refractivity contribution in [3.8, 4) is 5.75 Å². The smallest absolute Gasteiger partial charge is 0.243 e. The Hall–Kier alpha value is -3.10. The van der Waals surface area contributed by atoms with Crippen molar-refractivity contribution in [3.63, 3.8) is 0 Å². The molecule has 4 amide bonds. The van der Waals surface area contributed by atoms with Crippen LogP contribution in [0.5, 0.6) is 5.75 Å². The molecule has 0 radical (unpaired) electrons. The number of primary amides is 1. The molecular formula is C16H22N4O5. The first-order valence-corrected chi connectivity index (χ1v) is 7.60. The molecule has 136 valence electrons. The topological polar surface area (TPSA) is 151 Å². The van der Waals surface area contributed by atoms with E-state index >= 15 is 0 Å². The van der Waals surface area contributed by atoms with Crippen molar-refractivity contribution in [1.82, 2.24) is 16.0 Å². The Labute approximate surface area is 145 Å². The van der Waals surface area contributed by atoms with E-state index < -0.39 is 29.8 Å². The molecule has 1 aromatic carbocycles. The highest BCUT2D eigenvalue weighted by molar-refractivity contribution is 5.93. The van der Waals surface area contributed by atoms with E-state index in [-0.39, 0.29) is 24.6 Å². The maximum atomic E-state index is 12.2. The summed E-state index contributed by atoms with van der Waals surface area (Å²) in [4.78, 5) is 46.2. The van der Waals surface area contributed by atoms with Gasteiger partial charge in [0.2, 0.25) is 23.6 Å². The van der Waals surface area contributed by atoms with E-state index in [0.717, 1.165) is 0 Å². The number of carbonyl (C=O) groups is 4. The number of amides is 4. The minimum absolute atomic E-state index is 0.0711. The SMILES string of the molecule is CC(=O)N[C@@H](C)C(=O)N[C@@H](Cc1ccc(O)cc1)C(=O)NCC(N)=O. The molecule has 1 rings (SSSR count). The van der Waals surface area contributed by atoms with E-state index in [4.69, 9.17) is 5.73 Å². The number of hydrogen-bond acceptors (Lipinski definition) is 5. The zero-order chi connectivity index (χ0) is 19.0. The number of hydrogen-bond donors (Lipinski definition) is 5. The van der Waals surface area contributed by atoms with Gasteiger partial charge in [-0.15, -0.1) is 0 Å². The molecule has 0 aliphatic heterocycles. The number of aromatic hydroxyl groups is 1. The molecule has 0 fully saturated rings. The fourth-order valence-electron chi connectivity index (χ4n) is 2.04. The molecule has 9 heteroatoms. The number of rotatable bonds is 8. The van der Waals surface area contributed by atoms with Crippen molar-refractivity contribution < 1.29 is 24.3 Å². The van der Waals surface area contributed by atoms with Gasteiger partial charge in [0.15, 0.2) is 0 Å². The van der Waals surface area contributed by atoms with E-state index in [0.29, 0.717) is 5.56 Å². The Balaban J connectivity index is 2.84. The van der Waals surface area contributed by atoms with Gasteiger partial charge in [-0.1, -0.05) is 12.1 Å². The number of phenolic OH excluding ortho intramolecular Hbond substituents is 1. The van der Waals surface area contributed by atoms with E-state index in [2.05, 4.69) is 16.0 Å². The van der Waals surface area contributed by atoms with Gasteiger partial charge in [0.1, 0.15) is 17.8 Å². The number of nitrogens with one attached hydrogen (secondary N) is 3. The summed E-state index contributed by atoms with van der Waals surface area (Å²) in [6.07, 6.45) is 0.128. The van der Waals surface area contributed by atoms with Crippen molar-refractivity contribution >= 4 is 23.6 Å². The summed E-state index contributed by atoms with van der Waals surface area (Å²) < 4.78 is 0. The zero-order valence-corrected chi connectivity index (χ0v) is 14.0. The molecule has 6 N–H and O–H groups in total. The average molecular weight is 350 g/mol. The van der Waals surface area contributed by atoms with Crippen LogP contribution in [0, 0.1) is 0 Å². The fraction of sp³-hybridized carbons (Fsp3) is 0.375. The maximum Gasteiger partial charge on any atom is 0.243 e. The minimum Gasteiger partial charge on any atom is -0.508 e. The fourth-order valence-corrected chi connectivity index (χ4v) is 2.04. The molecule has 0 saturated heterocycles. The van der Waals surface area contributed by atoms with E-state index in [1.165, 1.54) is 26.0 Å². The van der Waals surface area contributed by atoms with Crippen LogP contribution >= 0.6 is 0 Å². The van der Waals surface area contributed by atoms with Crippen molar-refractivity contribution in [2.75, 3.05) is 6.54 Å². The molecule has 25 heavy (non-hydrogen) atoms. The molecule has 0 aromatic heterocycles. The first-order chi connectivity index (χ1) is 11.7. The summed E-state index contributed by atoms with van der Waals surface area (Å²) in [7, 11) is 0. The highest BCUT2D eigenvalue weighted by atomic mass is 16.3. The second-order valence-corrected chi connectivity index (χ2v) is 5.54. The van der Waals surface area contributed by atoms with Gasteiger partial charge in [-0.05, 0) is 24.6 Å². The van der Waals surface area contributed by atoms with Gasteiger partial charge in [0.05, 0.1) is 6.54 Å². The lowest BCUT2D eigenvalue weighted by Crippen LogP contribution is -2.54. The molecule has 0 aliphatic rings. The van der Waals surface area contributed by atoms with E-state index in [1.807, 2.05) is 0 Å². The third-order valence-corrected chi connectivity index (χ3v) is 3.26. The Morgan fingerprint density at radius 1 is 1.08 bits per heavy atom. The monoisotopic (exact) mass is 350 g/mol. The third kappa shape index (κ3) is 7.34. The lowest BCUT2D eigenvalue weighted by molar-refractivity contribution is -0.131. The molecule has 2 atom stereocenters. The highest BCUT2D eigenvalue weighted by Crippen LogP contribution is 2.11. The predicted octanol–water partition coefficient (Wildman–Crippen LogP) is -1.45. The van der Waals surface area contributed by atoms with Crippen LogP contribution in [0.2, 0.25) is 0 Å². The van der Waals surface area contributed by atoms with Crippen LogP contribution in [0.3, 0.4) is 0 Å². The van der Waals surface area contributed by atoms with Gasteiger partial charge in [-0.2, -0.15) is 0 Å². The summed E-state index contributed by atoms with van der Waals surface area (Å²) in [6, 6.07) is 4.31. The van der Waals surface area contributed by atoms with Crippen LogP contribution in [0.25, 0.3) is 0 Å². The van der Waals surface area contributed by atoms with Crippen molar-refractivity contribution in [2.24, 2.45) is 5.73 Å². The third-order valence-electron chi connectivity index (χ3n) is 3.26. The van der Waals surface area contributed by atoms with E-state index in [9.17, 15) is 24.3 Å². The summed E-state index contributed by atoms with van der Waals surface area (Å²) in [6.45, 7) is 2.40. The van der Waals surface area contributed by atoms with Gasteiger partial charge < -0.3 is 26.8 Å². The zero-order valence-electron chi connectivity index (χ0n) is 14.0. The summed E-state index contributed by atoms with van der Waals surface area (Å²) in [5.41, 5.74) is 5.68. The Morgan fingerprint density at radius 3 is 2.20 bits per heavy atom. The van der Waals surface area contributed by atoms with Crippen LogP contribution < -0.4 is 21.7 Å². The summed E-state index contributed by atoms with van der Waals surface area (Å²) in [5, 5.41) is 16.6. The second-order valence-electron chi connectivity index (χ2n) is 5.54. The van der Waals surface area contributed by atoms with Gasteiger partial charge >= 0.3 is 0 Å². The lowest BCUT2D eigenvalue weighted by Gasteiger charge is -2.21. The molecule has 0 heterocycles. The molecular weight excluding hydrogens is 328 g/mol. The minimum atomic E-state index is -0.979. The van der Waals surface area contributed by atoms with Gasteiger partial charge in [-0.25, -0.2) is 0 Å². The van der Waals surface area contributed by atoms with Crippen molar-refractivity contribution in [3.05, 3.63) is 29.8 Å². The van der Waals surface area contributed by atoms with Gasteiger partial charge in [0.25, 0.3) is 0 Å². The lowest BCUT2D eigenvalue weighted by atomic mass is 10.0. The number of carbonyl (C=O) groups excluding carboxylic acids is 4. The Bertz CT molecular complexity index is 644. The molecule has 0 spiro atoms. The van der Waals surface area contributed by atoms with Crippen LogP contribution in [-0.4, -0.2) is 47.4 Å². The summed E-state index contributed by atoms with van der Waals surface area (Å²) >= 11 is 0. The first-order valence-electron chi connectivity index (χ1n) is 7.60. The van der Waals surface area contributed by atoms with Crippen LogP contribution in [0.1, 0.15) is 19.4 Å². The van der Waals surface area contributed by atoms with Crippen molar-refractivity contribution in [1.29, 1.82) is 0 Å². The molecule has 0 bridgehead atoms. The predicted molar refractivity (Wildman–Crippen MR) is 89.2 cm³/mol. The van der Waals surface area contributed by atoms with Crippen LogP contribution in [0.4, 0.5) is 0 Å². The maximum absolute atomic E-state index is 12.2. The van der Waals surface area contributed by atoms with Crippen LogP contribution in [-0.2, 0) is 25.6 Å². The first kappa shape index (κ1) is 19.9. The Kier molecular flexibility index (Phi) is 7.39. The standard InChI is InChI=1S/C16H22N4O5/c1-9(19-10(2)21)15(24)20-13(16(25)18-8-14(17)23)7-11-3-5-12(22)6-4-11/h3-6,9,13,22H,7-8H2,1-2H3,(H2,17,23)(H,18,25)(H,19,21)(H,20,24)/t9-,13-/m0/s1. The van der Waals surface area contributed by atoms with Gasteiger partial charge in [0, 0.05) is 13.3 Å². The van der Waals surface area contributed by atoms with Crippen molar-refractivity contribution in [2.45, 2.75) is 32.4 Å². The molecule has 0 unspecified atom stereocenters. The number of benzene rings is 1. The normalized spacial score (nSPS) is 12.6. The largest absolute Gasteiger partial charge is 0.508 e. The highest BCUT2D eigenvalue weighted by Gasteiger charge is 2.24. The second kappa shape index (κ2) is 9.26. The summed E-state index contributed by atoms with van der Waals surface area (Å²) in [5.74, 6) is -2.16. The quantitative estimate of drug-likeness (QED) is 0.388. The molecule has 9 nitrogen and oxygen atoms in total. The molecule has 0 saturated carbocycles. The number of nitrogens with two attached hydrogens (primary N) is 1. The molecule has 1 aromatic rings. The number of phenols is 1. The van der Waals surface area contributed by atoms with E-state index in [1.54, 1.807) is 12.1 Å². The average Bonchev–Trinajstić information content (AvgIpc) is 2.53.